The fourth-order valence-corrected chi connectivity index (χ4v) is 7.35. The highest BCUT2D eigenvalue weighted by atomic mass is 127. The van der Waals surface area contributed by atoms with Crippen LogP contribution in [0, 0.1) is 10.8 Å². The lowest BCUT2D eigenvalue weighted by Crippen LogP contribution is -3.00. The van der Waals surface area contributed by atoms with Crippen LogP contribution in [0.3, 0.4) is 0 Å². The van der Waals surface area contributed by atoms with Crippen molar-refractivity contribution in [3.8, 4) is 11.5 Å². The molecule has 0 bridgehead atoms. The van der Waals surface area contributed by atoms with Gasteiger partial charge < -0.3 is 57.4 Å². The lowest BCUT2D eigenvalue weighted by Gasteiger charge is -2.36. The molecule has 0 radical (unpaired) electrons. The van der Waals surface area contributed by atoms with Crippen LogP contribution in [-0.2, 0) is 23.7 Å². The van der Waals surface area contributed by atoms with Crippen molar-refractivity contribution in [1.29, 1.82) is 0 Å². The summed E-state index contributed by atoms with van der Waals surface area (Å²) in [7, 11) is 3.88. The molecule has 0 aliphatic heterocycles. The number of rotatable bonds is 14. The quantitative estimate of drug-likeness (QED) is 0.156. The molecule has 0 fully saturated rings. The Hall–Kier alpha value is -4.16. The topological polar surface area (TPSA) is 60.4 Å². The number of carbonyl (C=O) groups is 2. The van der Waals surface area contributed by atoms with Crippen LogP contribution in [0.25, 0.3) is 0 Å². The second-order valence-electron chi connectivity index (χ2n) is 17.0. The van der Waals surface area contributed by atoms with Crippen LogP contribution in [0.5, 0.6) is 11.5 Å². The number of allylic oxidation sites excluding steroid dienone is 20. The monoisotopic (exact) mass is 1030 g/mol. The molecule has 0 N–H and O–H groups in total. The minimum absolute atomic E-state index is 0. The summed E-state index contributed by atoms with van der Waals surface area (Å²) in [5, 5.41) is 0. The summed E-state index contributed by atoms with van der Waals surface area (Å²) in [6, 6.07) is 7.63. The second kappa shape index (κ2) is 23.7. The van der Waals surface area contributed by atoms with Gasteiger partial charge in [-0.2, -0.15) is 0 Å². The standard InChI is InChI=1S/C52H64N2O4.2HI/c1-37(21-15-23-39(3)27-29-45-41(5)49(55)47(33-51(45,7)8)57-43-25-17-31-53(11)35-43)19-13-14-20-38(2)22-16-24-40(4)28-30-46-42(6)50(56)48(34-52(46,9)10)58-44-26-18-32-54(12)36-44;;/h13-32,35-36,47-48H,33-34H2,1-12H3;2*1H/q+2;;/p-2/b14-13+,21-15+,22-16+,29-27+,30-28+,37-19+,38-20+,39-23+,40-24+;;. The molecule has 2 atom stereocenters. The van der Waals surface area contributed by atoms with Gasteiger partial charge in [-0.1, -0.05) is 135 Å². The van der Waals surface area contributed by atoms with E-state index in [0.717, 1.165) is 44.6 Å². The zero-order valence-electron chi connectivity index (χ0n) is 37.6. The molecule has 2 aliphatic rings. The number of pyridine rings is 2. The Morgan fingerprint density at radius 2 is 0.917 bits per heavy atom. The van der Waals surface area contributed by atoms with E-state index < -0.39 is 12.2 Å². The SMILES string of the molecule is CC1=C(/C=C/C(C)=C/C=C/C(C)=C/C=C/C=C(C)/C=C/C=C(C)/C=C/C2=C(C)C(=O)C(Oc3ccc[n+](C)c3)CC2(C)C)C(C)(C)CC(Oc2ccc[n+](C)c2)C1=O.[I-].[I-]. The molecule has 2 aromatic rings. The molecule has 2 unspecified atom stereocenters. The molecule has 0 amide bonds. The number of ether oxygens (including phenoxy) is 2. The summed E-state index contributed by atoms with van der Waals surface area (Å²) in [5.41, 5.74) is 7.69. The summed E-state index contributed by atoms with van der Waals surface area (Å²) >= 11 is 0. The summed E-state index contributed by atoms with van der Waals surface area (Å²) in [5.74, 6) is 1.49. The fourth-order valence-electron chi connectivity index (χ4n) is 7.35. The van der Waals surface area contributed by atoms with Gasteiger partial charge in [0.05, 0.1) is 0 Å². The number of aromatic nitrogens is 2. The van der Waals surface area contributed by atoms with Crippen molar-refractivity contribution in [1.82, 2.24) is 0 Å². The molecule has 0 spiro atoms. The van der Waals surface area contributed by atoms with E-state index in [4.69, 9.17) is 9.47 Å². The minimum atomic E-state index is -0.494. The van der Waals surface area contributed by atoms with E-state index in [1.54, 1.807) is 0 Å². The Balaban J connectivity index is 0.00000620. The third kappa shape index (κ3) is 15.4. The number of carbonyl (C=O) groups excluding carboxylic acids is 2. The van der Waals surface area contributed by atoms with E-state index in [1.165, 1.54) is 0 Å². The van der Waals surface area contributed by atoms with Gasteiger partial charge in [-0.15, -0.1) is 0 Å². The highest BCUT2D eigenvalue weighted by Crippen LogP contribution is 2.42. The zero-order valence-corrected chi connectivity index (χ0v) is 41.9. The van der Waals surface area contributed by atoms with Crippen LogP contribution in [0.4, 0.5) is 0 Å². The molecule has 8 heteroatoms. The second-order valence-corrected chi connectivity index (χ2v) is 17.0. The first-order chi connectivity index (χ1) is 27.4. The van der Waals surface area contributed by atoms with E-state index >= 15 is 0 Å². The number of halogens is 2. The molecular weight excluding hydrogens is 970 g/mol. The van der Waals surface area contributed by atoms with Gasteiger partial charge in [0.25, 0.3) is 0 Å². The Kier molecular flexibility index (Phi) is 20.6. The first-order valence-corrected chi connectivity index (χ1v) is 20.2. The largest absolute Gasteiger partial charge is 1.00 e. The summed E-state index contributed by atoms with van der Waals surface area (Å²) in [4.78, 5) is 26.6. The molecule has 2 aromatic heterocycles. The third-order valence-corrected chi connectivity index (χ3v) is 10.7. The molecule has 0 saturated heterocycles. The number of aryl methyl sites for hydroxylation is 2. The van der Waals surface area contributed by atoms with Crippen molar-refractivity contribution in [2.24, 2.45) is 24.9 Å². The van der Waals surface area contributed by atoms with Gasteiger partial charge in [-0.05, 0) is 86.8 Å². The molecular formula is C52H64I2N2O4. The predicted molar refractivity (Wildman–Crippen MR) is 237 cm³/mol. The number of Topliss-reactive ketones (excluding diaryl/α,β-unsaturated/α-hetero) is 2. The van der Waals surface area contributed by atoms with Gasteiger partial charge in [0.2, 0.25) is 12.4 Å². The highest BCUT2D eigenvalue weighted by Gasteiger charge is 2.40. The first-order valence-electron chi connectivity index (χ1n) is 20.2. The van der Waals surface area contributed by atoms with Crippen molar-refractivity contribution in [2.75, 3.05) is 0 Å². The average molecular weight is 1030 g/mol. The number of ketones is 2. The smallest absolute Gasteiger partial charge is 0.210 e. The Bertz CT molecular complexity index is 2060. The maximum atomic E-state index is 13.3. The normalized spacial score (nSPS) is 20.5. The molecule has 2 aliphatic carbocycles. The van der Waals surface area contributed by atoms with Crippen LogP contribution in [0.2, 0.25) is 0 Å². The molecule has 0 aromatic carbocycles. The molecule has 2 heterocycles. The van der Waals surface area contributed by atoms with Crippen LogP contribution >= 0.6 is 0 Å². The Labute approximate surface area is 394 Å². The highest BCUT2D eigenvalue weighted by molar-refractivity contribution is 6.01. The number of hydrogen-bond donors (Lipinski definition) is 0. The fraction of sp³-hybridized carbons (Fsp3) is 0.346. The van der Waals surface area contributed by atoms with Crippen molar-refractivity contribution < 1.29 is 76.2 Å². The van der Waals surface area contributed by atoms with E-state index in [9.17, 15) is 9.59 Å². The van der Waals surface area contributed by atoms with Crippen molar-refractivity contribution in [3.63, 3.8) is 0 Å². The third-order valence-electron chi connectivity index (χ3n) is 10.7. The van der Waals surface area contributed by atoms with Gasteiger partial charge in [0.15, 0.2) is 47.7 Å². The van der Waals surface area contributed by atoms with Gasteiger partial charge in [0, 0.05) is 25.0 Å². The molecule has 60 heavy (non-hydrogen) atoms. The van der Waals surface area contributed by atoms with E-state index in [-0.39, 0.29) is 70.3 Å². The van der Waals surface area contributed by atoms with E-state index in [1.807, 2.05) is 98.3 Å². The summed E-state index contributed by atoms with van der Waals surface area (Å²) < 4.78 is 16.1. The molecule has 320 valence electrons. The lowest BCUT2D eigenvalue weighted by molar-refractivity contribution is -0.671. The van der Waals surface area contributed by atoms with Gasteiger partial charge in [-0.25, -0.2) is 9.13 Å². The van der Waals surface area contributed by atoms with Crippen LogP contribution in [0.1, 0.15) is 82.1 Å². The Morgan fingerprint density at radius 3 is 1.27 bits per heavy atom. The molecule has 0 saturated carbocycles. The summed E-state index contributed by atoms with van der Waals surface area (Å²) in [6.07, 6.45) is 37.0. The number of hydrogen-bond acceptors (Lipinski definition) is 4. The van der Waals surface area contributed by atoms with E-state index in [0.29, 0.717) is 24.3 Å². The van der Waals surface area contributed by atoms with Crippen molar-refractivity contribution in [2.45, 2.75) is 94.3 Å². The summed E-state index contributed by atoms with van der Waals surface area (Å²) in [6.45, 7) is 20.8. The maximum absolute atomic E-state index is 13.3. The average Bonchev–Trinajstić information content (AvgIpc) is 3.14. The first kappa shape index (κ1) is 52.0. The minimum Gasteiger partial charge on any atom is -1.00 e. The van der Waals surface area contributed by atoms with Crippen LogP contribution < -0.4 is 66.6 Å². The van der Waals surface area contributed by atoms with Crippen LogP contribution in [-0.4, -0.2) is 23.8 Å². The van der Waals surface area contributed by atoms with Crippen molar-refractivity contribution in [3.05, 3.63) is 179 Å². The Morgan fingerprint density at radius 1 is 0.583 bits per heavy atom. The van der Waals surface area contributed by atoms with Crippen LogP contribution in [0.15, 0.2) is 179 Å². The number of nitrogens with zero attached hydrogens (tertiary/aromatic N) is 2. The van der Waals surface area contributed by atoms with Gasteiger partial charge >= 0.3 is 0 Å². The zero-order chi connectivity index (χ0) is 42.6. The van der Waals surface area contributed by atoms with E-state index in [2.05, 4.69) is 128 Å². The van der Waals surface area contributed by atoms with Crippen molar-refractivity contribution >= 4 is 11.6 Å². The predicted octanol–water partition coefficient (Wildman–Crippen LogP) is 4.74. The lowest BCUT2D eigenvalue weighted by atomic mass is 9.71. The molecule has 6 nitrogen and oxygen atoms in total. The van der Waals surface area contributed by atoms with Gasteiger partial charge in [-0.3, -0.25) is 9.59 Å². The maximum Gasteiger partial charge on any atom is 0.210 e. The molecule has 4 rings (SSSR count). The van der Waals surface area contributed by atoms with Gasteiger partial charge in [0.1, 0.15) is 14.1 Å².